The number of fused-ring (bicyclic) bond motifs is 1. The second-order valence-corrected chi connectivity index (χ2v) is 7.19. The van der Waals surface area contributed by atoms with Crippen molar-refractivity contribution in [2.75, 3.05) is 33.0 Å². The van der Waals surface area contributed by atoms with E-state index in [0.717, 1.165) is 63.5 Å². The zero-order valence-electron chi connectivity index (χ0n) is 15.1. The lowest BCUT2D eigenvalue weighted by Gasteiger charge is -2.34. The van der Waals surface area contributed by atoms with Crippen molar-refractivity contribution >= 4 is 5.91 Å². The van der Waals surface area contributed by atoms with Crippen molar-refractivity contribution in [3.05, 3.63) is 48.1 Å². The average molecular weight is 354 g/mol. The molecular weight excluding hydrogens is 328 g/mol. The lowest BCUT2D eigenvalue weighted by atomic mass is 9.94. The molecule has 3 aliphatic rings. The number of ether oxygens (including phenoxy) is 2. The first kappa shape index (κ1) is 17.2. The first-order chi connectivity index (χ1) is 12.8. The van der Waals surface area contributed by atoms with Crippen LogP contribution >= 0.6 is 0 Å². The molecular formula is C21H26N2O3. The van der Waals surface area contributed by atoms with E-state index in [1.54, 1.807) is 6.08 Å². The van der Waals surface area contributed by atoms with Crippen LogP contribution in [0.3, 0.4) is 0 Å². The van der Waals surface area contributed by atoms with Crippen LogP contribution in [0.1, 0.15) is 24.8 Å². The fourth-order valence-corrected chi connectivity index (χ4v) is 3.74. The second kappa shape index (κ2) is 7.96. The number of nitrogens with zero attached hydrogens (tertiary/aromatic N) is 2. The Morgan fingerprint density at radius 3 is 2.77 bits per heavy atom. The molecule has 1 unspecified atom stereocenters. The zero-order valence-corrected chi connectivity index (χ0v) is 15.1. The molecule has 138 valence electrons. The Bertz CT molecular complexity index is 705. The highest BCUT2D eigenvalue weighted by atomic mass is 16.7. The molecule has 1 aromatic carbocycles. The van der Waals surface area contributed by atoms with Crippen LogP contribution < -0.4 is 9.47 Å². The number of hydrogen-bond acceptors (Lipinski definition) is 4. The molecule has 1 saturated heterocycles. The summed E-state index contributed by atoms with van der Waals surface area (Å²) in [6, 6.07) is 6.12. The fourth-order valence-electron chi connectivity index (χ4n) is 3.74. The first-order valence-corrected chi connectivity index (χ1v) is 9.51. The van der Waals surface area contributed by atoms with E-state index in [1.807, 2.05) is 11.0 Å². The molecule has 0 bridgehead atoms. The minimum atomic E-state index is 0.155. The van der Waals surface area contributed by atoms with E-state index in [9.17, 15) is 4.79 Å². The van der Waals surface area contributed by atoms with E-state index in [1.165, 1.54) is 5.56 Å². The van der Waals surface area contributed by atoms with Crippen LogP contribution in [0, 0.1) is 5.92 Å². The Morgan fingerprint density at radius 2 is 1.96 bits per heavy atom. The summed E-state index contributed by atoms with van der Waals surface area (Å²) in [4.78, 5) is 16.8. The number of allylic oxidation sites excluding steroid dienone is 3. The minimum Gasteiger partial charge on any atom is -0.454 e. The van der Waals surface area contributed by atoms with Gasteiger partial charge in [-0.3, -0.25) is 9.69 Å². The molecule has 1 atom stereocenters. The Balaban J connectivity index is 1.25. The Kier molecular flexibility index (Phi) is 5.25. The van der Waals surface area contributed by atoms with Gasteiger partial charge in [0.1, 0.15) is 0 Å². The van der Waals surface area contributed by atoms with Crippen LogP contribution in [-0.2, 0) is 11.3 Å². The molecule has 0 saturated carbocycles. The lowest BCUT2D eigenvalue weighted by Crippen LogP contribution is -2.47. The monoisotopic (exact) mass is 354 g/mol. The molecule has 1 aromatic rings. The third kappa shape index (κ3) is 4.10. The lowest BCUT2D eigenvalue weighted by molar-refractivity contribution is -0.127. The third-order valence-electron chi connectivity index (χ3n) is 5.35. The maximum Gasteiger partial charge on any atom is 0.246 e. The number of carbonyl (C=O) groups is 1. The van der Waals surface area contributed by atoms with Gasteiger partial charge < -0.3 is 14.4 Å². The van der Waals surface area contributed by atoms with Gasteiger partial charge in [-0.1, -0.05) is 24.3 Å². The van der Waals surface area contributed by atoms with Gasteiger partial charge in [-0.05, 0) is 49.0 Å². The van der Waals surface area contributed by atoms with Crippen LogP contribution in [0.25, 0.3) is 0 Å². The maximum absolute atomic E-state index is 12.4. The molecule has 0 radical (unpaired) electrons. The van der Waals surface area contributed by atoms with Crippen molar-refractivity contribution in [3.63, 3.8) is 0 Å². The van der Waals surface area contributed by atoms with Crippen molar-refractivity contribution in [1.82, 2.24) is 9.80 Å². The zero-order chi connectivity index (χ0) is 17.8. The standard InChI is InChI=1S/C21H26N2O3/c24-21(9-7-17-4-2-1-3-5-17)23-12-10-22(11-13-23)15-18-6-8-19-20(14-18)26-16-25-19/h1-2,6-9,14,17H,3-5,10-13,15-16H2. The largest absolute Gasteiger partial charge is 0.454 e. The van der Waals surface area contributed by atoms with Crippen molar-refractivity contribution in [3.8, 4) is 11.5 Å². The molecule has 1 fully saturated rings. The summed E-state index contributed by atoms with van der Waals surface area (Å²) in [6.45, 7) is 4.57. The van der Waals surface area contributed by atoms with Crippen LogP contribution in [0.5, 0.6) is 11.5 Å². The number of benzene rings is 1. The Hall–Kier alpha value is -2.27. The number of hydrogen-bond donors (Lipinski definition) is 0. The average Bonchev–Trinajstić information content (AvgIpc) is 3.15. The molecule has 1 aliphatic carbocycles. The van der Waals surface area contributed by atoms with Gasteiger partial charge in [0, 0.05) is 32.7 Å². The maximum atomic E-state index is 12.4. The van der Waals surface area contributed by atoms with Gasteiger partial charge in [0.25, 0.3) is 0 Å². The molecule has 5 heteroatoms. The van der Waals surface area contributed by atoms with E-state index >= 15 is 0 Å². The summed E-state index contributed by atoms with van der Waals surface area (Å²) in [5.74, 6) is 2.34. The summed E-state index contributed by atoms with van der Waals surface area (Å²) >= 11 is 0. The highest BCUT2D eigenvalue weighted by Gasteiger charge is 2.21. The number of rotatable bonds is 4. The summed E-state index contributed by atoms with van der Waals surface area (Å²) in [5.41, 5.74) is 1.22. The SMILES string of the molecule is O=C(C=CC1CC=CCC1)N1CCN(Cc2ccc3c(c2)OCO3)CC1. The van der Waals surface area contributed by atoms with E-state index < -0.39 is 0 Å². The van der Waals surface area contributed by atoms with Gasteiger partial charge in [-0.2, -0.15) is 0 Å². The van der Waals surface area contributed by atoms with Gasteiger partial charge in [-0.15, -0.1) is 0 Å². The summed E-state index contributed by atoms with van der Waals surface area (Å²) < 4.78 is 10.8. The fraction of sp³-hybridized carbons (Fsp3) is 0.476. The molecule has 0 spiro atoms. The van der Waals surface area contributed by atoms with Crippen LogP contribution in [0.2, 0.25) is 0 Å². The molecule has 0 N–H and O–H groups in total. The summed E-state index contributed by atoms with van der Waals surface area (Å²) in [5, 5.41) is 0. The molecule has 5 nitrogen and oxygen atoms in total. The Morgan fingerprint density at radius 1 is 1.12 bits per heavy atom. The highest BCUT2D eigenvalue weighted by molar-refractivity contribution is 5.87. The van der Waals surface area contributed by atoms with Gasteiger partial charge >= 0.3 is 0 Å². The number of carbonyl (C=O) groups excluding carboxylic acids is 1. The van der Waals surface area contributed by atoms with Crippen LogP contribution in [-0.4, -0.2) is 48.7 Å². The molecule has 0 aromatic heterocycles. The number of amides is 1. The normalized spacial score (nSPS) is 22.9. The number of piperazine rings is 1. The van der Waals surface area contributed by atoms with Crippen molar-refractivity contribution in [2.24, 2.45) is 5.92 Å². The molecule has 2 aliphatic heterocycles. The predicted molar refractivity (Wildman–Crippen MR) is 100 cm³/mol. The smallest absolute Gasteiger partial charge is 0.246 e. The van der Waals surface area contributed by atoms with Crippen LogP contribution in [0.4, 0.5) is 0 Å². The van der Waals surface area contributed by atoms with Crippen molar-refractivity contribution < 1.29 is 14.3 Å². The van der Waals surface area contributed by atoms with Gasteiger partial charge in [0.05, 0.1) is 0 Å². The highest BCUT2D eigenvalue weighted by Crippen LogP contribution is 2.32. The molecule has 26 heavy (non-hydrogen) atoms. The third-order valence-corrected chi connectivity index (χ3v) is 5.35. The van der Waals surface area contributed by atoms with E-state index in [4.69, 9.17) is 9.47 Å². The first-order valence-electron chi connectivity index (χ1n) is 9.51. The summed E-state index contributed by atoms with van der Waals surface area (Å²) in [6.07, 6.45) is 11.7. The van der Waals surface area contributed by atoms with E-state index in [0.29, 0.717) is 12.7 Å². The summed E-state index contributed by atoms with van der Waals surface area (Å²) in [7, 11) is 0. The second-order valence-electron chi connectivity index (χ2n) is 7.19. The quantitative estimate of drug-likeness (QED) is 0.616. The van der Waals surface area contributed by atoms with Gasteiger partial charge in [-0.25, -0.2) is 0 Å². The molecule has 4 rings (SSSR count). The Labute approximate surface area is 154 Å². The van der Waals surface area contributed by atoms with Gasteiger partial charge in [0.15, 0.2) is 11.5 Å². The van der Waals surface area contributed by atoms with Crippen LogP contribution in [0.15, 0.2) is 42.5 Å². The van der Waals surface area contributed by atoms with Crippen molar-refractivity contribution in [1.29, 1.82) is 0 Å². The molecule has 2 heterocycles. The molecule has 1 amide bonds. The van der Waals surface area contributed by atoms with Crippen molar-refractivity contribution in [2.45, 2.75) is 25.8 Å². The van der Waals surface area contributed by atoms with Gasteiger partial charge in [0.2, 0.25) is 12.7 Å². The van der Waals surface area contributed by atoms with E-state index in [-0.39, 0.29) is 5.91 Å². The minimum absolute atomic E-state index is 0.155. The predicted octanol–water partition coefficient (Wildman–Crippen LogP) is 2.97. The topological polar surface area (TPSA) is 42.0 Å². The van der Waals surface area contributed by atoms with E-state index in [2.05, 4.69) is 35.3 Å².